The largest absolute Gasteiger partial charge is 0.493 e. The zero-order valence-electron chi connectivity index (χ0n) is 15.8. The van der Waals surface area contributed by atoms with E-state index in [1.165, 1.54) is 7.11 Å². The molecular weight excluding hydrogens is 418 g/mol. The van der Waals surface area contributed by atoms with Gasteiger partial charge in [0.1, 0.15) is 5.69 Å². The molecule has 0 spiro atoms. The van der Waals surface area contributed by atoms with E-state index in [0.717, 1.165) is 16.8 Å². The van der Waals surface area contributed by atoms with Crippen molar-refractivity contribution in [2.75, 3.05) is 41.5 Å². The van der Waals surface area contributed by atoms with E-state index < -0.39 is 5.97 Å². The monoisotopic (exact) mass is 441 g/mol. The fourth-order valence-electron chi connectivity index (χ4n) is 2.80. The summed E-state index contributed by atoms with van der Waals surface area (Å²) in [6.07, 6.45) is 0. The Morgan fingerprint density at radius 3 is 2.41 bits per heavy atom. The highest BCUT2D eigenvalue weighted by Crippen LogP contribution is 2.47. The number of hydrogen-bond donors (Lipinski definition) is 3. The lowest BCUT2D eigenvalue weighted by Gasteiger charge is -2.16. The van der Waals surface area contributed by atoms with E-state index in [2.05, 4.69) is 26.2 Å². The van der Waals surface area contributed by atoms with Crippen LogP contribution in [0.25, 0.3) is 11.1 Å². The van der Waals surface area contributed by atoms with Crippen molar-refractivity contribution < 1.29 is 23.7 Å². The summed E-state index contributed by atoms with van der Waals surface area (Å²) in [4.78, 5) is 15.3. The van der Waals surface area contributed by atoms with E-state index in [1.807, 2.05) is 6.07 Å². The lowest BCUT2D eigenvalue weighted by molar-refractivity contribution is 0.0593. The Balaban J connectivity index is 2.68. The highest BCUT2D eigenvalue weighted by Gasteiger charge is 2.26. The van der Waals surface area contributed by atoms with E-state index in [0.29, 0.717) is 47.0 Å². The number of nitrogens with one attached hydrogen (secondary N) is 2. The first-order chi connectivity index (χ1) is 13.0. The fourth-order valence-corrected chi connectivity index (χ4v) is 3.51. The van der Waals surface area contributed by atoms with Gasteiger partial charge >= 0.3 is 5.97 Å². The van der Waals surface area contributed by atoms with Crippen LogP contribution < -0.4 is 25.3 Å². The molecule has 148 valence electrons. The van der Waals surface area contributed by atoms with Gasteiger partial charge in [0.25, 0.3) is 0 Å². The number of rotatable bonds is 9. The molecule has 0 fully saturated rings. The van der Waals surface area contributed by atoms with E-state index in [4.69, 9.17) is 24.7 Å². The second-order valence-corrected chi connectivity index (χ2v) is 6.30. The zero-order valence-corrected chi connectivity index (χ0v) is 17.4. The minimum atomic E-state index is -0.479. The lowest BCUT2D eigenvalue weighted by Crippen LogP contribution is -2.22. The first-order valence-corrected chi connectivity index (χ1v) is 9.02. The average Bonchev–Trinajstić information content (AvgIpc) is 3.02. The fraction of sp³-hybridized carbons (Fsp3) is 0.389. The molecule has 27 heavy (non-hydrogen) atoms. The molecule has 1 heterocycles. The third-order valence-corrected chi connectivity index (χ3v) is 4.80. The maximum absolute atomic E-state index is 12.1. The number of methoxy groups -OCH3 is 4. The number of esters is 1. The van der Waals surface area contributed by atoms with Gasteiger partial charge < -0.3 is 35.0 Å². The average molecular weight is 442 g/mol. The normalized spacial score (nSPS) is 10.6. The van der Waals surface area contributed by atoms with E-state index in [-0.39, 0.29) is 0 Å². The molecule has 2 aromatic rings. The Morgan fingerprint density at radius 2 is 1.85 bits per heavy atom. The SMILES string of the molecule is COC(=O)c1[nH]c(CNCCN)c(-c2ccc(OC)c(OC)c2OC)c1Br. The standard InChI is InChI=1S/C18H24BrN3O5/c1-24-12-6-5-10(16(25-2)17(12)26-3)13-11(9-21-8-7-20)22-15(14(13)19)18(23)27-4/h5-6,21-22H,7-9,20H2,1-4H3. The number of nitrogens with two attached hydrogens (primary N) is 1. The molecule has 0 amide bonds. The maximum Gasteiger partial charge on any atom is 0.355 e. The molecule has 8 nitrogen and oxygen atoms in total. The van der Waals surface area contributed by atoms with Gasteiger partial charge in [0.15, 0.2) is 11.5 Å². The zero-order chi connectivity index (χ0) is 20.0. The molecule has 2 rings (SSSR count). The highest BCUT2D eigenvalue weighted by molar-refractivity contribution is 9.10. The third-order valence-electron chi connectivity index (χ3n) is 4.00. The van der Waals surface area contributed by atoms with Crippen molar-refractivity contribution in [1.29, 1.82) is 0 Å². The van der Waals surface area contributed by atoms with Crippen molar-refractivity contribution in [2.24, 2.45) is 5.73 Å². The number of carbonyl (C=O) groups is 1. The number of H-pyrrole nitrogens is 1. The molecule has 0 atom stereocenters. The molecule has 0 saturated carbocycles. The van der Waals surface area contributed by atoms with Crippen LogP contribution in [0.4, 0.5) is 0 Å². The molecule has 0 bridgehead atoms. The maximum atomic E-state index is 12.1. The van der Waals surface area contributed by atoms with E-state index in [9.17, 15) is 4.79 Å². The summed E-state index contributed by atoms with van der Waals surface area (Å²) in [5.41, 5.74) is 8.14. The smallest absolute Gasteiger partial charge is 0.355 e. The second kappa shape index (κ2) is 9.63. The molecule has 0 unspecified atom stereocenters. The number of carbonyl (C=O) groups excluding carboxylic acids is 1. The Hall–Kier alpha value is -2.23. The van der Waals surface area contributed by atoms with Crippen LogP contribution in [0.15, 0.2) is 16.6 Å². The highest BCUT2D eigenvalue weighted by atomic mass is 79.9. The predicted molar refractivity (Wildman–Crippen MR) is 106 cm³/mol. The lowest BCUT2D eigenvalue weighted by atomic mass is 10.0. The van der Waals surface area contributed by atoms with Gasteiger partial charge in [-0.15, -0.1) is 0 Å². The first kappa shape index (κ1) is 21.1. The van der Waals surface area contributed by atoms with Gasteiger partial charge in [0.05, 0.1) is 32.9 Å². The van der Waals surface area contributed by atoms with Crippen LogP contribution in [0.2, 0.25) is 0 Å². The summed E-state index contributed by atoms with van der Waals surface area (Å²) in [5.74, 6) is 1.02. The summed E-state index contributed by atoms with van der Waals surface area (Å²) < 4.78 is 21.9. The Bertz CT molecular complexity index is 807. The van der Waals surface area contributed by atoms with Crippen LogP contribution in [0.5, 0.6) is 17.2 Å². The molecule has 1 aromatic carbocycles. The minimum Gasteiger partial charge on any atom is -0.493 e. The van der Waals surface area contributed by atoms with Crippen LogP contribution in [-0.4, -0.2) is 52.5 Å². The molecule has 0 aliphatic rings. The Morgan fingerprint density at radius 1 is 1.15 bits per heavy atom. The quantitative estimate of drug-likeness (QED) is 0.404. The molecule has 0 radical (unpaired) electrons. The van der Waals surface area contributed by atoms with Crippen molar-refractivity contribution in [3.05, 3.63) is 28.0 Å². The Labute approximate surface area is 166 Å². The molecule has 9 heteroatoms. The summed E-state index contributed by atoms with van der Waals surface area (Å²) in [7, 11) is 5.98. The van der Waals surface area contributed by atoms with Crippen LogP contribution >= 0.6 is 15.9 Å². The van der Waals surface area contributed by atoms with Crippen molar-refractivity contribution in [3.63, 3.8) is 0 Å². The Kier molecular flexibility index (Phi) is 7.52. The van der Waals surface area contributed by atoms with Crippen LogP contribution in [0.3, 0.4) is 0 Å². The van der Waals surface area contributed by atoms with Crippen molar-refractivity contribution in [1.82, 2.24) is 10.3 Å². The van der Waals surface area contributed by atoms with Gasteiger partial charge in [-0.25, -0.2) is 4.79 Å². The number of benzene rings is 1. The van der Waals surface area contributed by atoms with Crippen molar-refractivity contribution in [3.8, 4) is 28.4 Å². The van der Waals surface area contributed by atoms with Crippen LogP contribution in [0, 0.1) is 0 Å². The van der Waals surface area contributed by atoms with Gasteiger partial charge in [0.2, 0.25) is 5.75 Å². The minimum absolute atomic E-state index is 0.314. The molecule has 1 aromatic heterocycles. The summed E-state index contributed by atoms with van der Waals surface area (Å²) in [6.45, 7) is 1.60. The first-order valence-electron chi connectivity index (χ1n) is 8.22. The van der Waals surface area contributed by atoms with E-state index in [1.54, 1.807) is 27.4 Å². The summed E-state index contributed by atoms with van der Waals surface area (Å²) >= 11 is 3.52. The number of aromatic nitrogens is 1. The van der Waals surface area contributed by atoms with Crippen molar-refractivity contribution in [2.45, 2.75) is 6.54 Å². The summed E-state index contributed by atoms with van der Waals surface area (Å²) in [5, 5.41) is 3.22. The summed E-state index contributed by atoms with van der Waals surface area (Å²) in [6, 6.07) is 3.63. The molecule has 0 aliphatic heterocycles. The van der Waals surface area contributed by atoms with E-state index >= 15 is 0 Å². The number of ether oxygens (including phenoxy) is 4. The van der Waals surface area contributed by atoms with Gasteiger partial charge in [-0.05, 0) is 28.1 Å². The van der Waals surface area contributed by atoms with Crippen molar-refractivity contribution >= 4 is 21.9 Å². The van der Waals surface area contributed by atoms with Gasteiger partial charge in [-0.1, -0.05) is 0 Å². The number of aromatic amines is 1. The van der Waals surface area contributed by atoms with Gasteiger partial charge in [0, 0.05) is 36.5 Å². The number of hydrogen-bond acceptors (Lipinski definition) is 7. The number of halogens is 1. The predicted octanol–water partition coefficient (Wildman–Crippen LogP) is 2.30. The van der Waals surface area contributed by atoms with Gasteiger partial charge in [-0.2, -0.15) is 0 Å². The molecule has 4 N–H and O–H groups in total. The molecular formula is C18H24BrN3O5. The van der Waals surface area contributed by atoms with Crippen LogP contribution in [-0.2, 0) is 11.3 Å². The topological polar surface area (TPSA) is 108 Å². The van der Waals surface area contributed by atoms with Crippen LogP contribution in [0.1, 0.15) is 16.2 Å². The third kappa shape index (κ3) is 4.20. The second-order valence-electron chi connectivity index (χ2n) is 5.51. The van der Waals surface area contributed by atoms with Gasteiger partial charge in [-0.3, -0.25) is 0 Å². The molecule has 0 saturated heterocycles. The molecule has 0 aliphatic carbocycles.